The molecular weight excluding hydrogens is 233 g/mol. The first kappa shape index (κ1) is 11.3. The minimum Gasteiger partial charge on any atom is -0.368 e. The van der Waals surface area contributed by atoms with Crippen LogP contribution in [0, 0.1) is 0 Å². The van der Waals surface area contributed by atoms with Crippen LogP contribution in [0.25, 0.3) is 11.1 Å². The fraction of sp³-hybridized carbons (Fsp3) is 0.100. The number of nitrogens with zero attached hydrogens (tertiary/aromatic N) is 3. The van der Waals surface area contributed by atoms with Gasteiger partial charge < -0.3 is 5.73 Å². The number of nitrogens with two attached hydrogens (primary N) is 1. The summed E-state index contributed by atoms with van der Waals surface area (Å²) in [6.07, 6.45) is -0.658. The van der Waals surface area contributed by atoms with Crippen LogP contribution in [0.3, 0.4) is 0 Å². The van der Waals surface area contributed by atoms with Crippen LogP contribution in [0.4, 0.5) is 19.1 Å². The van der Waals surface area contributed by atoms with Crippen molar-refractivity contribution in [2.24, 2.45) is 0 Å². The van der Waals surface area contributed by atoms with Crippen molar-refractivity contribution < 1.29 is 13.2 Å². The predicted octanol–water partition coefficient (Wildman–Crippen LogP) is 2.14. The van der Waals surface area contributed by atoms with Crippen molar-refractivity contribution in [3.05, 3.63) is 36.4 Å². The van der Waals surface area contributed by atoms with Crippen molar-refractivity contribution in [1.82, 2.24) is 15.0 Å². The summed E-state index contributed by atoms with van der Waals surface area (Å²) < 4.78 is 37.3. The molecule has 0 aliphatic rings. The first-order chi connectivity index (χ1) is 7.97. The van der Waals surface area contributed by atoms with E-state index in [0.717, 1.165) is 12.3 Å². The second-order valence-electron chi connectivity index (χ2n) is 3.26. The summed E-state index contributed by atoms with van der Waals surface area (Å²) in [6, 6.07) is 2.39. The van der Waals surface area contributed by atoms with Crippen LogP contribution < -0.4 is 5.73 Å². The molecule has 2 aromatic rings. The van der Waals surface area contributed by atoms with E-state index in [0.29, 0.717) is 11.1 Å². The summed E-state index contributed by atoms with van der Waals surface area (Å²) in [5.74, 6) is 0.0684. The molecule has 2 N–H and O–H groups in total. The Kier molecular flexibility index (Phi) is 2.66. The van der Waals surface area contributed by atoms with Crippen LogP contribution >= 0.6 is 0 Å². The number of pyridine rings is 1. The van der Waals surface area contributed by atoms with Gasteiger partial charge in [0.05, 0.1) is 0 Å². The van der Waals surface area contributed by atoms with Gasteiger partial charge in [0.1, 0.15) is 5.69 Å². The van der Waals surface area contributed by atoms with Gasteiger partial charge in [0.15, 0.2) is 0 Å². The number of alkyl halides is 3. The van der Waals surface area contributed by atoms with Crippen LogP contribution in [0.1, 0.15) is 5.69 Å². The number of hydrogen-bond donors (Lipinski definition) is 1. The maximum absolute atomic E-state index is 12.4. The molecule has 7 heteroatoms. The van der Waals surface area contributed by atoms with Crippen LogP contribution in [0.15, 0.2) is 30.7 Å². The minimum absolute atomic E-state index is 0.0684. The molecule has 0 aromatic carbocycles. The van der Waals surface area contributed by atoms with Crippen molar-refractivity contribution in [3.8, 4) is 11.1 Å². The highest BCUT2D eigenvalue weighted by molar-refractivity contribution is 5.61. The Morgan fingerprint density at radius 1 is 1.00 bits per heavy atom. The van der Waals surface area contributed by atoms with Crippen LogP contribution in [-0.2, 0) is 6.18 Å². The molecule has 0 aliphatic carbocycles. The van der Waals surface area contributed by atoms with E-state index < -0.39 is 11.9 Å². The Labute approximate surface area is 94.3 Å². The third kappa shape index (κ3) is 2.49. The molecule has 0 radical (unpaired) electrons. The maximum Gasteiger partial charge on any atom is 0.433 e. The molecule has 2 rings (SSSR count). The Morgan fingerprint density at radius 3 is 2.24 bits per heavy atom. The second kappa shape index (κ2) is 4.00. The van der Waals surface area contributed by atoms with E-state index in [2.05, 4.69) is 15.0 Å². The molecule has 0 bridgehead atoms. The summed E-state index contributed by atoms with van der Waals surface area (Å²) in [7, 11) is 0. The zero-order valence-corrected chi connectivity index (χ0v) is 8.44. The quantitative estimate of drug-likeness (QED) is 0.829. The lowest BCUT2D eigenvalue weighted by molar-refractivity contribution is -0.141. The second-order valence-corrected chi connectivity index (χ2v) is 3.26. The number of rotatable bonds is 1. The van der Waals surface area contributed by atoms with E-state index in [4.69, 9.17) is 5.73 Å². The van der Waals surface area contributed by atoms with Gasteiger partial charge in [-0.3, -0.25) is 4.98 Å². The van der Waals surface area contributed by atoms with Gasteiger partial charge in [-0.05, 0) is 17.7 Å². The summed E-state index contributed by atoms with van der Waals surface area (Å²) in [4.78, 5) is 10.7. The van der Waals surface area contributed by atoms with Crippen molar-refractivity contribution in [2.45, 2.75) is 6.18 Å². The summed E-state index contributed by atoms with van der Waals surface area (Å²) in [5.41, 5.74) is 5.13. The third-order valence-electron chi connectivity index (χ3n) is 2.06. The van der Waals surface area contributed by atoms with Gasteiger partial charge >= 0.3 is 6.18 Å². The maximum atomic E-state index is 12.4. The molecule has 0 unspecified atom stereocenters. The Bertz CT molecular complexity index is 522. The molecule has 0 saturated carbocycles. The Morgan fingerprint density at radius 2 is 1.65 bits per heavy atom. The predicted molar refractivity (Wildman–Crippen MR) is 54.7 cm³/mol. The van der Waals surface area contributed by atoms with Crippen molar-refractivity contribution in [2.75, 3.05) is 5.73 Å². The number of halogens is 3. The molecule has 0 fully saturated rings. The molecule has 0 amide bonds. The van der Waals surface area contributed by atoms with Gasteiger partial charge in [-0.15, -0.1) is 0 Å². The summed E-state index contributed by atoms with van der Waals surface area (Å²) in [6.45, 7) is 0. The molecule has 2 heterocycles. The van der Waals surface area contributed by atoms with Gasteiger partial charge in [-0.1, -0.05) is 0 Å². The molecule has 0 atom stereocenters. The van der Waals surface area contributed by atoms with E-state index in [1.165, 1.54) is 18.5 Å². The van der Waals surface area contributed by atoms with Gasteiger partial charge in [0, 0.05) is 24.2 Å². The lowest BCUT2D eigenvalue weighted by Gasteiger charge is -2.07. The van der Waals surface area contributed by atoms with Gasteiger partial charge in [0.25, 0.3) is 0 Å². The topological polar surface area (TPSA) is 64.7 Å². The molecule has 88 valence electrons. The van der Waals surface area contributed by atoms with Crippen LogP contribution in [-0.4, -0.2) is 15.0 Å². The van der Waals surface area contributed by atoms with Crippen molar-refractivity contribution in [3.63, 3.8) is 0 Å². The number of nitrogen functional groups attached to an aromatic ring is 1. The first-order valence-corrected chi connectivity index (χ1v) is 4.58. The molecule has 2 aromatic heterocycles. The van der Waals surface area contributed by atoms with E-state index in [1.807, 2.05) is 0 Å². The Balaban J connectivity index is 2.43. The largest absolute Gasteiger partial charge is 0.433 e. The van der Waals surface area contributed by atoms with E-state index in [-0.39, 0.29) is 5.95 Å². The van der Waals surface area contributed by atoms with Crippen molar-refractivity contribution >= 4 is 5.95 Å². The van der Waals surface area contributed by atoms with Gasteiger partial charge in [-0.2, -0.15) is 13.2 Å². The fourth-order valence-electron chi connectivity index (χ4n) is 1.25. The minimum atomic E-state index is -4.47. The summed E-state index contributed by atoms with van der Waals surface area (Å²) >= 11 is 0. The van der Waals surface area contributed by atoms with Gasteiger partial charge in [-0.25, -0.2) is 9.97 Å². The molecule has 0 saturated heterocycles. The normalized spacial score (nSPS) is 11.5. The fourth-order valence-corrected chi connectivity index (χ4v) is 1.25. The lowest BCUT2D eigenvalue weighted by Crippen LogP contribution is -2.07. The zero-order chi connectivity index (χ0) is 12.5. The summed E-state index contributed by atoms with van der Waals surface area (Å²) in [5, 5.41) is 0. The van der Waals surface area contributed by atoms with Crippen molar-refractivity contribution in [1.29, 1.82) is 0 Å². The van der Waals surface area contributed by atoms with Crippen LogP contribution in [0.2, 0.25) is 0 Å². The highest BCUT2D eigenvalue weighted by Gasteiger charge is 2.32. The molecule has 4 nitrogen and oxygen atoms in total. The number of aromatic nitrogens is 3. The number of hydrogen-bond acceptors (Lipinski definition) is 4. The van der Waals surface area contributed by atoms with Gasteiger partial charge in [0.2, 0.25) is 5.95 Å². The Hall–Kier alpha value is -2.18. The smallest absolute Gasteiger partial charge is 0.368 e. The van der Waals surface area contributed by atoms with E-state index in [1.54, 1.807) is 0 Å². The zero-order valence-electron chi connectivity index (χ0n) is 8.44. The molecule has 0 aliphatic heterocycles. The SMILES string of the molecule is Nc1ncc(-c2ccnc(C(F)(F)F)c2)cn1. The molecular formula is C10H7F3N4. The van der Waals surface area contributed by atoms with E-state index in [9.17, 15) is 13.2 Å². The monoisotopic (exact) mass is 240 g/mol. The molecule has 17 heavy (non-hydrogen) atoms. The number of anilines is 1. The average Bonchev–Trinajstić information content (AvgIpc) is 2.29. The third-order valence-corrected chi connectivity index (χ3v) is 2.06. The molecule has 0 spiro atoms. The highest BCUT2D eigenvalue weighted by Crippen LogP contribution is 2.30. The van der Waals surface area contributed by atoms with Crippen LogP contribution in [0.5, 0.6) is 0 Å². The van der Waals surface area contributed by atoms with E-state index >= 15 is 0 Å². The first-order valence-electron chi connectivity index (χ1n) is 4.58. The standard InChI is InChI=1S/C10H7F3N4/c11-10(12,13)8-3-6(1-2-15-8)7-4-16-9(14)17-5-7/h1-5H,(H2,14,16,17). The highest BCUT2D eigenvalue weighted by atomic mass is 19.4. The average molecular weight is 240 g/mol. The lowest BCUT2D eigenvalue weighted by atomic mass is 10.1.